The average molecular weight is 588 g/mol. The van der Waals surface area contributed by atoms with Crippen LogP contribution in [0.2, 0.25) is 0 Å². The van der Waals surface area contributed by atoms with Crippen LogP contribution in [0.1, 0.15) is 33.6 Å². The topological polar surface area (TPSA) is 64.7 Å². The lowest BCUT2D eigenvalue weighted by Gasteiger charge is -2.34. The summed E-state index contributed by atoms with van der Waals surface area (Å²) >= 11 is 0. The Kier molecular flexibility index (Phi) is 10.4. The highest BCUT2D eigenvalue weighted by molar-refractivity contribution is 5.95. The second-order valence-corrected chi connectivity index (χ2v) is 8.79. The monoisotopic (exact) mass is 588 g/mol. The lowest BCUT2D eigenvalue weighted by atomic mass is 10.1. The zero-order valence-corrected chi connectivity index (χ0v) is 20.6. The van der Waals surface area contributed by atoms with E-state index in [2.05, 4.69) is 10.6 Å². The van der Waals surface area contributed by atoms with Gasteiger partial charge in [-0.2, -0.15) is 0 Å². The summed E-state index contributed by atoms with van der Waals surface area (Å²) in [5, 5.41) is 4.24. The van der Waals surface area contributed by atoms with Crippen molar-refractivity contribution < 1.29 is 53.5 Å². The molecule has 2 amide bonds. The molecule has 0 saturated carbocycles. The van der Waals surface area contributed by atoms with Gasteiger partial charge in [0.25, 0.3) is 11.8 Å². The van der Waals surface area contributed by atoms with Crippen molar-refractivity contribution in [2.24, 2.45) is 0 Å². The minimum absolute atomic E-state index is 0.0959. The van der Waals surface area contributed by atoms with Gasteiger partial charge in [-0.05, 0) is 25.9 Å². The van der Waals surface area contributed by atoms with Gasteiger partial charge in [-0.25, -0.2) is 43.9 Å². The van der Waals surface area contributed by atoms with Gasteiger partial charge < -0.3 is 20.4 Å². The molecule has 2 aromatic rings. The molecule has 220 valence electrons. The zero-order valence-electron chi connectivity index (χ0n) is 20.6. The fraction of sp³-hybridized carbons (Fsp3) is 0.417. The number of carbonyl (C=O) groups is 2. The maximum atomic E-state index is 13.7. The van der Waals surface area contributed by atoms with Gasteiger partial charge in [0.1, 0.15) is 11.1 Å². The molecule has 2 aromatic carbocycles. The first-order chi connectivity index (χ1) is 18.9. The van der Waals surface area contributed by atoms with E-state index in [0.717, 1.165) is 0 Å². The molecule has 40 heavy (non-hydrogen) atoms. The molecule has 0 radical (unpaired) electrons. The van der Waals surface area contributed by atoms with Crippen LogP contribution < -0.4 is 10.6 Å². The Balaban J connectivity index is 1.35. The van der Waals surface area contributed by atoms with Crippen molar-refractivity contribution >= 4 is 11.8 Å². The summed E-state index contributed by atoms with van der Waals surface area (Å²) in [5.74, 6) is -25.4. The van der Waals surface area contributed by atoms with Crippen LogP contribution >= 0.6 is 0 Å². The summed E-state index contributed by atoms with van der Waals surface area (Å²) in [7, 11) is 0. The Morgan fingerprint density at radius 2 is 0.725 bits per heavy atom. The maximum absolute atomic E-state index is 13.7. The first kappa shape index (κ1) is 31.1. The number of benzene rings is 2. The Morgan fingerprint density at radius 1 is 0.475 bits per heavy atom. The van der Waals surface area contributed by atoms with Gasteiger partial charge >= 0.3 is 0 Å². The number of hydrogen-bond donors (Lipinski definition) is 2. The zero-order chi connectivity index (χ0) is 29.7. The number of piperazine rings is 1. The second-order valence-electron chi connectivity index (χ2n) is 8.79. The fourth-order valence-electron chi connectivity index (χ4n) is 4.03. The largest absolute Gasteiger partial charge is 0.352 e. The van der Waals surface area contributed by atoms with Crippen LogP contribution in [-0.2, 0) is 0 Å². The van der Waals surface area contributed by atoms with Crippen LogP contribution in [0, 0.1) is 58.2 Å². The smallest absolute Gasteiger partial charge is 0.257 e. The van der Waals surface area contributed by atoms with Crippen LogP contribution in [0.3, 0.4) is 0 Å². The normalized spacial score (nSPS) is 14.4. The minimum atomic E-state index is -2.36. The van der Waals surface area contributed by atoms with Crippen LogP contribution in [0.25, 0.3) is 0 Å². The lowest BCUT2D eigenvalue weighted by Crippen LogP contribution is -2.47. The first-order valence-corrected chi connectivity index (χ1v) is 11.9. The van der Waals surface area contributed by atoms with Crippen molar-refractivity contribution in [3.63, 3.8) is 0 Å². The molecular formula is C24H22F10N4O2. The van der Waals surface area contributed by atoms with E-state index >= 15 is 0 Å². The molecule has 1 aliphatic heterocycles. The third-order valence-corrected chi connectivity index (χ3v) is 6.21. The molecule has 0 bridgehead atoms. The van der Waals surface area contributed by atoms with Crippen molar-refractivity contribution in [3.05, 3.63) is 69.3 Å². The van der Waals surface area contributed by atoms with E-state index < -0.39 is 81.1 Å². The Morgan fingerprint density at radius 3 is 1.00 bits per heavy atom. The predicted octanol–water partition coefficient (Wildman–Crippen LogP) is 3.64. The van der Waals surface area contributed by atoms with Crippen molar-refractivity contribution in [1.82, 2.24) is 20.4 Å². The van der Waals surface area contributed by atoms with E-state index in [-0.39, 0.29) is 13.1 Å². The molecule has 3 rings (SSSR count). The van der Waals surface area contributed by atoms with Crippen LogP contribution in [0.4, 0.5) is 43.9 Å². The molecule has 0 unspecified atom stereocenters. The van der Waals surface area contributed by atoms with E-state index in [9.17, 15) is 53.5 Å². The minimum Gasteiger partial charge on any atom is -0.352 e. The van der Waals surface area contributed by atoms with Gasteiger partial charge in [0.05, 0.1) is 0 Å². The second kappa shape index (κ2) is 13.3. The molecule has 2 N–H and O–H groups in total. The number of halogens is 10. The number of carbonyl (C=O) groups excluding carboxylic acids is 2. The molecule has 0 aromatic heterocycles. The van der Waals surface area contributed by atoms with E-state index in [1.54, 1.807) is 0 Å². The molecule has 16 heteroatoms. The highest BCUT2D eigenvalue weighted by Crippen LogP contribution is 2.24. The summed E-state index contributed by atoms with van der Waals surface area (Å²) in [6.45, 7) is 2.99. The van der Waals surface area contributed by atoms with E-state index in [4.69, 9.17) is 0 Å². The summed E-state index contributed by atoms with van der Waals surface area (Å²) < 4.78 is 134. The number of nitrogens with zero attached hydrogens (tertiary/aromatic N) is 2. The number of rotatable bonds is 10. The van der Waals surface area contributed by atoms with Gasteiger partial charge in [0.2, 0.25) is 11.6 Å². The summed E-state index contributed by atoms with van der Waals surface area (Å²) in [5.41, 5.74) is -3.12. The SMILES string of the molecule is O=C(NCCCN1CCN(CCCNC(=O)c2c(F)c(F)c(F)c(F)c2F)CC1)c1c(F)c(F)c(F)c(F)c1F. The standard InChI is InChI=1S/C24H22F10N4O2/c25-13-11(14(26)18(30)21(33)17(13)29)23(39)35-3-1-5-37-7-9-38(10-8-37)6-2-4-36-24(40)12-15(27)19(31)22(34)20(32)16(12)28/h1-10H2,(H,35,39)(H,36,40). The van der Waals surface area contributed by atoms with Crippen molar-refractivity contribution in [2.75, 3.05) is 52.4 Å². The molecule has 0 aliphatic carbocycles. The highest BCUT2D eigenvalue weighted by atomic mass is 19.2. The Labute approximate surface area is 220 Å². The van der Waals surface area contributed by atoms with Gasteiger partial charge in [-0.3, -0.25) is 9.59 Å². The predicted molar refractivity (Wildman–Crippen MR) is 119 cm³/mol. The number of amides is 2. The van der Waals surface area contributed by atoms with Gasteiger partial charge in [-0.15, -0.1) is 0 Å². The Bertz CT molecular complexity index is 1130. The maximum Gasteiger partial charge on any atom is 0.257 e. The van der Waals surface area contributed by atoms with Crippen molar-refractivity contribution in [3.8, 4) is 0 Å². The molecule has 1 aliphatic rings. The quantitative estimate of drug-likeness (QED) is 0.193. The molecule has 1 fully saturated rings. The van der Waals surface area contributed by atoms with Gasteiger partial charge in [0.15, 0.2) is 46.5 Å². The van der Waals surface area contributed by atoms with E-state index in [1.807, 2.05) is 9.80 Å². The van der Waals surface area contributed by atoms with E-state index in [1.165, 1.54) is 0 Å². The van der Waals surface area contributed by atoms with Gasteiger partial charge in [0, 0.05) is 39.3 Å². The summed E-state index contributed by atoms with van der Waals surface area (Å²) in [6.07, 6.45) is 0.621. The van der Waals surface area contributed by atoms with Gasteiger partial charge in [-0.1, -0.05) is 0 Å². The fourth-order valence-corrected chi connectivity index (χ4v) is 4.03. The van der Waals surface area contributed by atoms with Crippen molar-refractivity contribution in [1.29, 1.82) is 0 Å². The molecule has 0 spiro atoms. The number of hydrogen-bond acceptors (Lipinski definition) is 4. The number of nitrogens with one attached hydrogen (secondary N) is 2. The first-order valence-electron chi connectivity index (χ1n) is 11.9. The molecule has 6 nitrogen and oxygen atoms in total. The Hall–Kier alpha value is -3.40. The average Bonchev–Trinajstić information content (AvgIpc) is 2.94. The molecule has 0 atom stereocenters. The summed E-state index contributed by atoms with van der Waals surface area (Å²) in [6, 6.07) is 0. The third-order valence-electron chi connectivity index (χ3n) is 6.21. The van der Waals surface area contributed by atoms with Crippen LogP contribution in [-0.4, -0.2) is 74.0 Å². The van der Waals surface area contributed by atoms with Crippen LogP contribution in [0.15, 0.2) is 0 Å². The molecule has 1 heterocycles. The van der Waals surface area contributed by atoms with Crippen molar-refractivity contribution in [2.45, 2.75) is 12.8 Å². The summed E-state index contributed by atoms with van der Waals surface area (Å²) in [4.78, 5) is 27.9. The van der Waals surface area contributed by atoms with E-state index in [0.29, 0.717) is 52.1 Å². The lowest BCUT2D eigenvalue weighted by molar-refractivity contribution is 0.0923. The molecular weight excluding hydrogens is 566 g/mol. The molecule has 1 saturated heterocycles. The van der Waals surface area contributed by atoms with Crippen LogP contribution in [0.5, 0.6) is 0 Å². The highest BCUT2D eigenvalue weighted by Gasteiger charge is 2.31. The third kappa shape index (κ3) is 6.66.